The number of benzene rings is 1. The first kappa shape index (κ1) is 9.40. The van der Waals surface area contributed by atoms with Crippen LogP contribution < -0.4 is 5.19 Å². The lowest BCUT2D eigenvalue weighted by Crippen LogP contribution is -2.07. The molecule has 0 nitrogen and oxygen atoms in total. The van der Waals surface area contributed by atoms with E-state index in [0.29, 0.717) is 9.13 Å². The Labute approximate surface area is 77.1 Å². The van der Waals surface area contributed by atoms with Gasteiger partial charge in [-0.25, -0.2) is 0 Å². The summed E-state index contributed by atoms with van der Waals surface area (Å²) in [5, 5.41) is 1.49. The molecule has 0 bridgehead atoms. The van der Waals surface area contributed by atoms with Gasteiger partial charge in [0.05, 0.1) is 0 Å². The van der Waals surface area contributed by atoms with Gasteiger partial charge in [-0.3, -0.25) is 0 Å². The van der Waals surface area contributed by atoms with E-state index in [0.717, 1.165) is 6.42 Å². The molecule has 1 rings (SSSR count). The van der Waals surface area contributed by atoms with Gasteiger partial charge in [-0.1, -0.05) is 50.1 Å². The van der Waals surface area contributed by atoms with Gasteiger partial charge in [-0.2, -0.15) is 0 Å². The van der Waals surface area contributed by atoms with E-state index < -0.39 is 0 Å². The van der Waals surface area contributed by atoms with Gasteiger partial charge in [0.2, 0.25) is 0 Å². The van der Waals surface area contributed by atoms with E-state index >= 15 is 0 Å². The molecule has 0 unspecified atom stereocenters. The fourth-order valence-electron chi connectivity index (χ4n) is 1.05. The summed E-state index contributed by atoms with van der Waals surface area (Å²) in [5.74, 6) is 0. The molecule has 0 saturated heterocycles. The van der Waals surface area contributed by atoms with Crippen LogP contribution in [0.2, 0.25) is 0 Å². The van der Waals surface area contributed by atoms with Crippen molar-refractivity contribution in [2.75, 3.05) is 0 Å². The highest BCUT2D eigenvalue weighted by Gasteiger charge is 1.82. The molecule has 0 aliphatic carbocycles. The lowest BCUT2D eigenvalue weighted by molar-refractivity contribution is 0.906. The maximum Gasteiger partial charge on any atom is 0.0251 e. The lowest BCUT2D eigenvalue weighted by Gasteiger charge is -1.90. The SMILES string of the molecule is [CH2]CCCC=[SiH]c1ccccc1. The molecule has 0 aliphatic rings. The van der Waals surface area contributed by atoms with Crippen molar-refractivity contribution in [3.8, 4) is 0 Å². The summed E-state index contributed by atoms with van der Waals surface area (Å²) in [6.45, 7) is 3.82. The van der Waals surface area contributed by atoms with Gasteiger partial charge in [0, 0.05) is 9.13 Å². The van der Waals surface area contributed by atoms with Crippen LogP contribution in [0.1, 0.15) is 19.3 Å². The molecular formula is C11H15Si. The predicted molar refractivity (Wildman–Crippen MR) is 58.5 cm³/mol. The van der Waals surface area contributed by atoms with Crippen molar-refractivity contribution in [1.29, 1.82) is 0 Å². The Balaban J connectivity index is 2.36. The summed E-state index contributed by atoms with van der Waals surface area (Å²) >= 11 is 0. The minimum absolute atomic E-state index is 0.389. The molecular weight excluding hydrogens is 160 g/mol. The predicted octanol–water partition coefficient (Wildman–Crippen LogP) is 1.55. The highest BCUT2D eigenvalue weighted by atomic mass is 28.2. The summed E-state index contributed by atoms with van der Waals surface area (Å²) < 4.78 is 0. The second-order valence-electron chi connectivity index (χ2n) is 2.81. The first-order valence-electron chi connectivity index (χ1n) is 4.44. The maximum absolute atomic E-state index is 3.82. The van der Waals surface area contributed by atoms with E-state index in [-0.39, 0.29) is 0 Å². The monoisotopic (exact) mass is 175 g/mol. The Bertz CT molecular complexity index is 226. The molecule has 0 amide bonds. The second kappa shape index (κ2) is 5.89. The van der Waals surface area contributed by atoms with Crippen LogP contribution >= 0.6 is 0 Å². The standard InChI is InChI=1S/C11H15Si/c1-2-3-7-10-12-11-8-5-4-6-9-11/h4-6,8-10,12H,1-3,7H2. The van der Waals surface area contributed by atoms with Crippen molar-refractivity contribution in [2.24, 2.45) is 0 Å². The van der Waals surface area contributed by atoms with Crippen molar-refractivity contribution < 1.29 is 0 Å². The van der Waals surface area contributed by atoms with E-state index in [1.54, 1.807) is 0 Å². The van der Waals surface area contributed by atoms with Crippen molar-refractivity contribution in [3.63, 3.8) is 0 Å². The van der Waals surface area contributed by atoms with E-state index in [4.69, 9.17) is 0 Å². The first-order valence-corrected chi connectivity index (χ1v) is 5.68. The van der Waals surface area contributed by atoms with Crippen molar-refractivity contribution in [3.05, 3.63) is 37.3 Å². The summed E-state index contributed by atoms with van der Waals surface area (Å²) in [6, 6.07) is 10.7. The van der Waals surface area contributed by atoms with Crippen molar-refractivity contribution in [2.45, 2.75) is 19.3 Å². The molecule has 0 spiro atoms. The van der Waals surface area contributed by atoms with Crippen molar-refractivity contribution in [1.82, 2.24) is 0 Å². The van der Waals surface area contributed by atoms with Crippen LogP contribution in [0.3, 0.4) is 0 Å². The highest BCUT2D eigenvalue weighted by molar-refractivity contribution is 6.60. The third kappa shape index (κ3) is 3.63. The number of unbranched alkanes of at least 4 members (excludes halogenated alkanes) is 2. The Morgan fingerprint density at radius 1 is 1.25 bits per heavy atom. The van der Waals surface area contributed by atoms with Crippen LogP contribution in [0, 0.1) is 6.92 Å². The van der Waals surface area contributed by atoms with Crippen LogP contribution in [0.15, 0.2) is 30.3 Å². The van der Waals surface area contributed by atoms with Gasteiger partial charge in [-0.15, -0.1) is 5.67 Å². The van der Waals surface area contributed by atoms with E-state index in [1.807, 2.05) is 0 Å². The minimum Gasteiger partial charge on any atom is -0.102 e. The zero-order valence-corrected chi connectivity index (χ0v) is 8.52. The molecule has 0 aromatic heterocycles. The average Bonchev–Trinajstić information content (AvgIpc) is 2.14. The smallest absolute Gasteiger partial charge is 0.0251 e. The van der Waals surface area contributed by atoms with E-state index in [9.17, 15) is 0 Å². The van der Waals surface area contributed by atoms with E-state index in [1.165, 1.54) is 18.0 Å². The number of hydrogen-bond donors (Lipinski definition) is 0. The summed E-state index contributed by atoms with van der Waals surface area (Å²) in [6.07, 6.45) is 3.53. The number of rotatable bonds is 4. The fourth-order valence-corrected chi connectivity index (χ4v) is 2.16. The van der Waals surface area contributed by atoms with Crippen LogP contribution in [0.25, 0.3) is 0 Å². The molecule has 1 radical (unpaired) electrons. The molecule has 12 heavy (non-hydrogen) atoms. The van der Waals surface area contributed by atoms with Gasteiger partial charge in [0.15, 0.2) is 0 Å². The molecule has 1 aromatic carbocycles. The van der Waals surface area contributed by atoms with E-state index in [2.05, 4.69) is 42.9 Å². The minimum atomic E-state index is 0.389. The summed E-state index contributed by atoms with van der Waals surface area (Å²) in [5.41, 5.74) is 2.42. The van der Waals surface area contributed by atoms with Gasteiger partial charge in [0.25, 0.3) is 0 Å². The van der Waals surface area contributed by atoms with Gasteiger partial charge in [-0.05, 0) is 11.6 Å². The number of hydrogen-bond acceptors (Lipinski definition) is 0. The lowest BCUT2D eigenvalue weighted by atomic mass is 10.3. The molecule has 1 aromatic rings. The van der Waals surface area contributed by atoms with Crippen LogP contribution in [0.4, 0.5) is 0 Å². The Kier molecular flexibility index (Phi) is 4.61. The van der Waals surface area contributed by atoms with Crippen LogP contribution in [-0.4, -0.2) is 14.8 Å². The van der Waals surface area contributed by atoms with Crippen molar-refractivity contribution >= 4 is 20.0 Å². The largest absolute Gasteiger partial charge is 0.102 e. The molecule has 1 heteroatoms. The fraction of sp³-hybridized carbons (Fsp3) is 0.273. The normalized spacial score (nSPS) is 10.8. The highest BCUT2D eigenvalue weighted by Crippen LogP contribution is 1.87. The average molecular weight is 175 g/mol. The summed E-state index contributed by atoms with van der Waals surface area (Å²) in [7, 11) is 0.389. The Hall–Kier alpha value is -0.693. The topological polar surface area (TPSA) is 0 Å². The van der Waals surface area contributed by atoms with Gasteiger partial charge >= 0.3 is 0 Å². The summed E-state index contributed by atoms with van der Waals surface area (Å²) in [4.78, 5) is 0. The maximum atomic E-state index is 3.82. The van der Waals surface area contributed by atoms with Crippen LogP contribution in [0.5, 0.6) is 0 Å². The molecule has 63 valence electrons. The quantitative estimate of drug-likeness (QED) is 0.481. The molecule has 0 heterocycles. The third-order valence-corrected chi connectivity index (χ3v) is 3.07. The zero-order chi connectivity index (χ0) is 8.65. The third-order valence-electron chi connectivity index (χ3n) is 1.73. The second-order valence-corrected chi connectivity index (χ2v) is 4.28. The van der Waals surface area contributed by atoms with Gasteiger partial charge < -0.3 is 0 Å². The molecule has 0 N–H and O–H groups in total. The molecule has 0 aliphatic heterocycles. The van der Waals surface area contributed by atoms with Gasteiger partial charge in [0.1, 0.15) is 0 Å². The molecule has 0 fully saturated rings. The Morgan fingerprint density at radius 3 is 2.67 bits per heavy atom. The molecule has 0 saturated carbocycles. The first-order chi connectivity index (χ1) is 5.93. The zero-order valence-electron chi connectivity index (χ0n) is 7.37. The van der Waals surface area contributed by atoms with Crippen LogP contribution in [-0.2, 0) is 0 Å². The molecule has 0 atom stereocenters. The Morgan fingerprint density at radius 2 is 2.00 bits per heavy atom.